The van der Waals surface area contributed by atoms with Gasteiger partial charge in [0.2, 0.25) is 15.9 Å². The van der Waals surface area contributed by atoms with Gasteiger partial charge in [-0.3, -0.25) is 4.79 Å². The highest BCUT2D eigenvalue weighted by atomic mass is 32.2. The molecule has 12 heteroatoms. The second-order valence-corrected chi connectivity index (χ2v) is 11.5. The summed E-state index contributed by atoms with van der Waals surface area (Å²) in [4.78, 5) is 13.9. The first-order valence-electron chi connectivity index (χ1n) is 11.7. The Balaban J connectivity index is 1.39. The fourth-order valence-corrected chi connectivity index (χ4v) is 6.42. The molecule has 34 heavy (non-hydrogen) atoms. The van der Waals surface area contributed by atoms with E-state index in [1.54, 1.807) is 28.6 Å². The lowest BCUT2D eigenvalue weighted by molar-refractivity contribution is -0.883. The highest BCUT2D eigenvalue weighted by molar-refractivity contribution is 7.99. The number of ether oxygens (including phenoxy) is 1. The largest absolute Gasteiger partial charge is 0.376 e. The Morgan fingerprint density at radius 1 is 1.24 bits per heavy atom. The number of thioether (sulfide) groups is 1. The molecule has 2 saturated heterocycles. The highest BCUT2D eigenvalue weighted by Crippen LogP contribution is 2.26. The molecule has 2 fully saturated rings. The van der Waals surface area contributed by atoms with E-state index in [0.717, 1.165) is 38.1 Å². The minimum Gasteiger partial charge on any atom is -0.376 e. The maximum Gasteiger partial charge on any atom is 0.243 e. The molecule has 10 nitrogen and oxygen atoms in total. The van der Waals surface area contributed by atoms with Crippen molar-refractivity contribution in [3.05, 3.63) is 24.3 Å². The van der Waals surface area contributed by atoms with E-state index < -0.39 is 10.0 Å². The van der Waals surface area contributed by atoms with Crippen molar-refractivity contribution in [3.8, 4) is 11.4 Å². The Kier molecular flexibility index (Phi) is 8.25. The number of hydrogen-bond donors (Lipinski definition) is 2. The molecule has 0 saturated carbocycles. The standard InChI is InChI=1S/C22H32N6O4S2/c1-3-28-21(24-25-22(28)33-16-20(29)23-15-18-5-4-14-32-18)17-6-8-19(9-7-17)34(30,31)27-12-10-26(2)11-13-27/h6-9,18H,3-5,10-16H2,1-2H3,(H,23,29)/p+1/t18-/m1/s1. The zero-order valence-corrected chi connectivity index (χ0v) is 21.3. The summed E-state index contributed by atoms with van der Waals surface area (Å²) < 4.78 is 35.0. The highest BCUT2D eigenvalue weighted by Gasteiger charge is 2.29. The lowest BCUT2D eigenvalue weighted by Gasteiger charge is -2.29. The zero-order chi connectivity index (χ0) is 24.1. The van der Waals surface area contributed by atoms with E-state index in [2.05, 4.69) is 22.6 Å². The molecule has 4 rings (SSSR count). The Bertz CT molecular complexity index is 1080. The normalized spacial score (nSPS) is 20.0. The van der Waals surface area contributed by atoms with E-state index >= 15 is 0 Å². The number of benzene rings is 1. The number of rotatable bonds is 9. The van der Waals surface area contributed by atoms with Gasteiger partial charge in [-0.05, 0) is 44.0 Å². The van der Waals surface area contributed by atoms with Crippen LogP contribution in [0.3, 0.4) is 0 Å². The van der Waals surface area contributed by atoms with Crippen LogP contribution in [0.5, 0.6) is 0 Å². The number of sulfonamides is 1. The summed E-state index contributed by atoms with van der Waals surface area (Å²) in [6.07, 6.45) is 2.14. The van der Waals surface area contributed by atoms with Crippen molar-refractivity contribution in [1.82, 2.24) is 24.4 Å². The molecule has 0 radical (unpaired) electrons. The van der Waals surface area contributed by atoms with Crippen molar-refractivity contribution in [3.63, 3.8) is 0 Å². The van der Waals surface area contributed by atoms with Crippen LogP contribution in [0.25, 0.3) is 11.4 Å². The van der Waals surface area contributed by atoms with Crippen LogP contribution >= 0.6 is 11.8 Å². The van der Waals surface area contributed by atoms with Crippen molar-refractivity contribution in [1.29, 1.82) is 0 Å². The Hall–Kier alpha value is -1.99. The third-order valence-electron chi connectivity index (χ3n) is 6.24. The monoisotopic (exact) mass is 509 g/mol. The summed E-state index contributed by atoms with van der Waals surface area (Å²) in [6.45, 7) is 6.60. The molecular weight excluding hydrogens is 476 g/mol. The third kappa shape index (κ3) is 5.80. The van der Waals surface area contributed by atoms with Gasteiger partial charge in [-0.25, -0.2) is 8.42 Å². The van der Waals surface area contributed by atoms with Gasteiger partial charge in [0.15, 0.2) is 11.0 Å². The van der Waals surface area contributed by atoms with Crippen molar-refractivity contribution in [2.75, 3.05) is 52.1 Å². The van der Waals surface area contributed by atoms with Crippen LogP contribution in [0.4, 0.5) is 0 Å². The Morgan fingerprint density at radius 2 is 1.97 bits per heavy atom. The fraction of sp³-hybridized carbons (Fsp3) is 0.591. The molecular formula is C22H33N6O4S2+. The van der Waals surface area contributed by atoms with Gasteiger partial charge in [-0.15, -0.1) is 10.2 Å². The molecule has 2 aliphatic heterocycles. The van der Waals surface area contributed by atoms with E-state index in [9.17, 15) is 13.2 Å². The second-order valence-electron chi connectivity index (χ2n) is 8.66. The summed E-state index contributed by atoms with van der Waals surface area (Å²) in [5, 5.41) is 12.1. The smallest absolute Gasteiger partial charge is 0.243 e. The van der Waals surface area contributed by atoms with Crippen LogP contribution in [0.2, 0.25) is 0 Å². The molecule has 1 atom stereocenters. The number of carbonyl (C=O) groups excluding carboxylic acids is 1. The second kappa shape index (κ2) is 11.2. The molecule has 2 N–H and O–H groups in total. The molecule has 0 spiro atoms. The summed E-state index contributed by atoms with van der Waals surface area (Å²) in [5.74, 6) is 0.832. The van der Waals surface area contributed by atoms with Crippen molar-refractivity contribution in [2.24, 2.45) is 0 Å². The maximum atomic E-state index is 13.0. The van der Waals surface area contributed by atoms with E-state index in [1.165, 1.54) is 16.7 Å². The molecule has 2 aromatic rings. The van der Waals surface area contributed by atoms with Crippen LogP contribution in [0.1, 0.15) is 19.8 Å². The average Bonchev–Trinajstić information content (AvgIpc) is 3.51. The molecule has 2 aliphatic rings. The first-order valence-corrected chi connectivity index (χ1v) is 14.2. The van der Waals surface area contributed by atoms with E-state index in [-0.39, 0.29) is 22.7 Å². The number of likely N-dealkylation sites (N-methyl/N-ethyl adjacent to an activating group) is 1. The molecule has 0 bridgehead atoms. The average molecular weight is 510 g/mol. The van der Waals surface area contributed by atoms with Gasteiger partial charge in [0, 0.05) is 25.3 Å². The number of quaternary nitrogens is 1. The molecule has 1 aromatic carbocycles. The van der Waals surface area contributed by atoms with E-state index in [4.69, 9.17) is 4.74 Å². The van der Waals surface area contributed by atoms with Gasteiger partial charge in [0.05, 0.1) is 50.0 Å². The summed E-state index contributed by atoms with van der Waals surface area (Å²) >= 11 is 1.34. The van der Waals surface area contributed by atoms with Crippen LogP contribution in [-0.2, 0) is 26.1 Å². The predicted molar refractivity (Wildman–Crippen MR) is 129 cm³/mol. The van der Waals surface area contributed by atoms with Gasteiger partial charge in [-0.1, -0.05) is 11.8 Å². The number of carbonyl (C=O) groups is 1. The predicted octanol–water partition coefficient (Wildman–Crippen LogP) is -0.129. The van der Waals surface area contributed by atoms with Gasteiger partial charge in [0.1, 0.15) is 0 Å². The third-order valence-corrected chi connectivity index (χ3v) is 9.12. The lowest BCUT2D eigenvalue weighted by atomic mass is 10.2. The molecule has 186 valence electrons. The van der Waals surface area contributed by atoms with Crippen LogP contribution in [-0.4, -0.2) is 91.6 Å². The minimum atomic E-state index is -3.51. The molecule has 3 heterocycles. The minimum absolute atomic E-state index is 0.0623. The number of aromatic nitrogens is 3. The summed E-state index contributed by atoms with van der Waals surface area (Å²) in [5.41, 5.74) is 0.783. The van der Waals surface area contributed by atoms with Crippen molar-refractivity contribution >= 4 is 27.7 Å². The number of nitrogens with one attached hydrogen (secondary N) is 2. The zero-order valence-electron chi connectivity index (χ0n) is 19.7. The van der Waals surface area contributed by atoms with Crippen LogP contribution in [0, 0.1) is 0 Å². The summed E-state index contributed by atoms with van der Waals surface area (Å²) in [6, 6.07) is 6.81. The van der Waals surface area contributed by atoms with Gasteiger partial charge in [0.25, 0.3) is 0 Å². The number of nitrogens with zero attached hydrogens (tertiary/aromatic N) is 4. The van der Waals surface area contributed by atoms with Gasteiger partial charge >= 0.3 is 0 Å². The van der Waals surface area contributed by atoms with E-state index in [1.807, 2.05) is 11.5 Å². The first kappa shape index (κ1) is 25.1. The maximum absolute atomic E-state index is 13.0. The number of piperazine rings is 1. The van der Waals surface area contributed by atoms with Crippen LogP contribution in [0.15, 0.2) is 34.3 Å². The SMILES string of the molecule is CCn1c(SCC(=O)NC[C@H]2CCCO2)nnc1-c1ccc(S(=O)(=O)N2CC[NH+](C)CC2)cc1. The lowest BCUT2D eigenvalue weighted by Crippen LogP contribution is -3.12. The van der Waals surface area contributed by atoms with Gasteiger partial charge in [-0.2, -0.15) is 4.31 Å². The molecule has 1 aromatic heterocycles. The number of amides is 1. The van der Waals surface area contributed by atoms with Crippen molar-refractivity contribution < 1.29 is 22.8 Å². The fourth-order valence-electron chi connectivity index (χ4n) is 4.14. The van der Waals surface area contributed by atoms with Crippen LogP contribution < -0.4 is 10.2 Å². The molecule has 0 aliphatic carbocycles. The first-order chi connectivity index (χ1) is 16.4. The topological polar surface area (TPSA) is 111 Å². The molecule has 0 unspecified atom stereocenters. The quantitative estimate of drug-likeness (QED) is 0.453. The number of hydrogen-bond acceptors (Lipinski definition) is 7. The Morgan fingerprint density at radius 3 is 2.62 bits per heavy atom. The molecule has 1 amide bonds. The Labute approximate surface area is 205 Å². The summed E-state index contributed by atoms with van der Waals surface area (Å²) in [7, 11) is -1.43. The van der Waals surface area contributed by atoms with Gasteiger partial charge < -0.3 is 19.5 Å². The van der Waals surface area contributed by atoms with Crippen molar-refractivity contribution in [2.45, 2.75) is 42.5 Å². The van der Waals surface area contributed by atoms with E-state index in [0.29, 0.717) is 37.2 Å².